The van der Waals surface area contributed by atoms with Crippen molar-refractivity contribution in [3.05, 3.63) is 200 Å². The number of benzene rings is 8. The lowest BCUT2D eigenvalue weighted by Gasteiger charge is -2.11. The quantitative estimate of drug-likeness (QED) is 0.169. The van der Waals surface area contributed by atoms with Crippen LogP contribution in [0.3, 0.4) is 0 Å². The van der Waals surface area contributed by atoms with E-state index < -0.39 is 0 Å². The number of rotatable bonds is 6. The summed E-state index contributed by atoms with van der Waals surface area (Å²) >= 11 is 0. The van der Waals surface area contributed by atoms with Crippen LogP contribution in [-0.2, 0) is 0 Å². The Morgan fingerprint density at radius 1 is 0.305 bits per heavy atom. The minimum Gasteiger partial charge on any atom is -0.309 e. The molecule has 59 heavy (non-hydrogen) atoms. The average molecular weight is 756 g/mol. The van der Waals surface area contributed by atoms with E-state index in [-0.39, 0.29) is 0 Å². The van der Waals surface area contributed by atoms with Gasteiger partial charge in [0, 0.05) is 55.0 Å². The molecule has 0 fully saturated rings. The monoisotopic (exact) mass is 755 g/mol. The number of aromatic nitrogens is 7. The smallest absolute Gasteiger partial charge is 0.164 e. The molecule has 0 amide bonds. The zero-order valence-corrected chi connectivity index (χ0v) is 31.7. The van der Waals surface area contributed by atoms with Gasteiger partial charge in [0.2, 0.25) is 0 Å². The van der Waals surface area contributed by atoms with Gasteiger partial charge in [0.1, 0.15) is 0 Å². The van der Waals surface area contributed by atoms with E-state index in [1.54, 1.807) is 0 Å². The first-order valence-electron chi connectivity index (χ1n) is 19.7. The summed E-state index contributed by atoms with van der Waals surface area (Å²) in [6, 6.07) is 67.6. The molecule has 0 aliphatic rings. The average Bonchev–Trinajstić information content (AvgIpc) is 4.00. The van der Waals surface area contributed by atoms with Gasteiger partial charge in [-0.2, -0.15) is 5.10 Å². The van der Waals surface area contributed by atoms with E-state index in [1.807, 2.05) is 66.9 Å². The van der Waals surface area contributed by atoms with Crippen LogP contribution in [-0.4, -0.2) is 33.9 Å². The molecule has 7 nitrogen and oxygen atoms in total. The molecular formula is C52H33N7. The second kappa shape index (κ2) is 13.2. The van der Waals surface area contributed by atoms with E-state index in [9.17, 15) is 0 Å². The largest absolute Gasteiger partial charge is 0.309 e. The standard InChI is InChI=1S/C52H33N7/c1-4-14-34(15-5-1)50-54-51(35-16-6-2-7-17-35)56-52(55-50)36-24-26-38(27-25-36)57-45-22-12-10-20-40(45)42-29-28-39(32-48(42)57)59-47-31-30-43-41-21-11-13-23-46(41)58(37-18-8-3-9-19-37)49(43)44(47)33-53-59/h1-33H. The number of para-hydroxylation sites is 3. The van der Waals surface area contributed by atoms with E-state index in [1.165, 1.54) is 27.1 Å². The molecule has 12 rings (SSSR count). The predicted octanol–water partition coefficient (Wildman–Crippen LogP) is 12.4. The Labute approximate surface area is 338 Å². The highest BCUT2D eigenvalue weighted by Gasteiger charge is 2.19. The van der Waals surface area contributed by atoms with Gasteiger partial charge >= 0.3 is 0 Å². The summed E-state index contributed by atoms with van der Waals surface area (Å²) in [4.78, 5) is 14.8. The predicted molar refractivity (Wildman–Crippen MR) is 239 cm³/mol. The third kappa shape index (κ3) is 5.29. The molecule has 12 aromatic rings. The summed E-state index contributed by atoms with van der Waals surface area (Å²) in [5.41, 5.74) is 11.6. The van der Waals surface area contributed by atoms with Crippen LogP contribution < -0.4 is 0 Å². The Balaban J connectivity index is 1.00. The molecule has 0 saturated carbocycles. The van der Waals surface area contributed by atoms with Gasteiger partial charge < -0.3 is 9.13 Å². The highest BCUT2D eigenvalue weighted by atomic mass is 15.3. The minimum atomic E-state index is 0.625. The summed E-state index contributed by atoms with van der Waals surface area (Å²) in [6.45, 7) is 0. The molecule has 0 unspecified atom stereocenters. The maximum atomic E-state index is 5.06. The first-order valence-corrected chi connectivity index (χ1v) is 19.7. The van der Waals surface area contributed by atoms with Crippen LogP contribution in [0.2, 0.25) is 0 Å². The molecule has 0 aliphatic heterocycles. The van der Waals surface area contributed by atoms with Crippen molar-refractivity contribution in [2.45, 2.75) is 0 Å². The van der Waals surface area contributed by atoms with Gasteiger partial charge in [-0.1, -0.05) is 121 Å². The van der Waals surface area contributed by atoms with E-state index >= 15 is 0 Å². The van der Waals surface area contributed by atoms with Crippen molar-refractivity contribution < 1.29 is 0 Å². The van der Waals surface area contributed by atoms with Crippen LogP contribution in [0.25, 0.3) is 106 Å². The van der Waals surface area contributed by atoms with Gasteiger partial charge in [-0.15, -0.1) is 0 Å². The van der Waals surface area contributed by atoms with Gasteiger partial charge in [-0.25, -0.2) is 19.6 Å². The molecule has 0 bridgehead atoms. The molecule has 0 saturated heterocycles. The van der Waals surface area contributed by atoms with Crippen LogP contribution in [0.15, 0.2) is 200 Å². The van der Waals surface area contributed by atoms with Crippen molar-refractivity contribution >= 4 is 54.5 Å². The SMILES string of the molecule is c1ccc(-c2nc(-c3ccccc3)nc(-c3ccc(-n4c5ccccc5c5ccc(-n6ncc7c6ccc6c8ccccc8n(-c8ccccc8)c67)cc54)cc3)n2)cc1. The normalized spacial score (nSPS) is 11.7. The highest BCUT2D eigenvalue weighted by Crippen LogP contribution is 2.39. The van der Waals surface area contributed by atoms with Crippen molar-refractivity contribution in [2.24, 2.45) is 0 Å². The first-order chi connectivity index (χ1) is 29.3. The van der Waals surface area contributed by atoms with Gasteiger partial charge in [0.25, 0.3) is 0 Å². The van der Waals surface area contributed by atoms with Crippen LogP contribution in [0.5, 0.6) is 0 Å². The molecular weight excluding hydrogens is 723 g/mol. The lowest BCUT2D eigenvalue weighted by atomic mass is 10.1. The number of hydrogen-bond acceptors (Lipinski definition) is 4. The summed E-state index contributed by atoms with van der Waals surface area (Å²) in [6.07, 6.45) is 2.02. The second-order valence-corrected chi connectivity index (χ2v) is 14.8. The van der Waals surface area contributed by atoms with Gasteiger partial charge in [0.15, 0.2) is 17.5 Å². The Bertz CT molecular complexity index is 3470. The van der Waals surface area contributed by atoms with Crippen LogP contribution in [0.4, 0.5) is 0 Å². The van der Waals surface area contributed by atoms with Crippen molar-refractivity contribution in [3.63, 3.8) is 0 Å². The molecule has 0 radical (unpaired) electrons. The van der Waals surface area contributed by atoms with Crippen molar-refractivity contribution in [3.8, 4) is 51.2 Å². The molecule has 0 aliphatic carbocycles. The maximum absolute atomic E-state index is 5.06. The second-order valence-electron chi connectivity index (χ2n) is 14.8. The molecule has 7 heteroatoms. The number of nitrogens with zero attached hydrogens (tertiary/aromatic N) is 7. The third-order valence-corrected chi connectivity index (χ3v) is 11.4. The molecule has 4 aromatic heterocycles. The lowest BCUT2D eigenvalue weighted by molar-refractivity contribution is 0.911. The third-order valence-electron chi connectivity index (χ3n) is 11.4. The van der Waals surface area contributed by atoms with Crippen LogP contribution in [0.1, 0.15) is 0 Å². The molecule has 4 heterocycles. The van der Waals surface area contributed by atoms with Crippen LogP contribution in [0, 0.1) is 0 Å². The zero-order chi connectivity index (χ0) is 38.9. The Morgan fingerprint density at radius 3 is 1.42 bits per heavy atom. The van der Waals surface area contributed by atoms with Gasteiger partial charge in [-0.05, 0) is 72.8 Å². The number of hydrogen-bond donors (Lipinski definition) is 0. The fourth-order valence-electron chi connectivity index (χ4n) is 8.68. The fraction of sp³-hybridized carbons (Fsp3) is 0. The van der Waals surface area contributed by atoms with Crippen molar-refractivity contribution in [2.75, 3.05) is 0 Å². The topological polar surface area (TPSA) is 66.3 Å². The van der Waals surface area contributed by atoms with Crippen molar-refractivity contribution in [1.29, 1.82) is 0 Å². The van der Waals surface area contributed by atoms with Crippen molar-refractivity contribution in [1.82, 2.24) is 33.9 Å². The number of fused-ring (bicyclic) bond motifs is 8. The molecule has 276 valence electrons. The van der Waals surface area contributed by atoms with E-state index in [2.05, 4.69) is 147 Å². The Morgan fingerprint density at radius 2 is 0.780 bits per heavy atom. The lowest BCUT2D eigenvalue weighted by Crippen LogP contribution is -2.01. The van der Waals surface area contributed by atoms with Gasteiger partial charge in [0.05, 0.1) is 39.5 Å². The fourth-order valence-corrected chi connectivity index (χ4v) is 8.68. The molecule has 0 N–H and O–H groups in total. The Hall–Kier alpha value is -8.16. The maximum Gasteiger partial charge on any atom is 0.164 e. The van der Waals surface area contributed by atoms with E-state index in [0.29, 0.717) is 17.5 Å². The van der Waals surface area contributed by atoms with E-state index in [4.69, 9.17) is 20.1 Å². The summed E-state index contributed by atoms with van der Waals surface area (Å²) in [7, 11) is 0. The molecule has 8 aromatic carbocycles. The molecule has 0 atom stereocenters. The first kappa shape index (κ1) is 33.0. The summed E-state index contributed by atoms with van der Waals surface area (Å²) < 4.78 is 6.78. The zero-order valence-electron chi connectivity index (χ0n) is 31.7. The highest BCUT2D eigenvalue weighted by molar-refractivity contribution is 6.18. The molecule has 0 spiro atoms. The van der Waals surface area contributed by atoms with Crippen LogP contribution >= 0.6 is 0 Å². The minimum absolute atomic E-state index is 0.625. The summed E-state index contributed by atoms with van der Waals surface area (Å²) in [5.74, 6) is 1.91. The van der Waals surface area contributed by atoms with E-state index in [0.717, 1.165) is 61.2 Å². The Kier molecular flexibility index (Phi) is 7.40. The summed E-state index contributed by atoms with van der Waals surface area (Å²) in [5, 5.41) is 11.0. The van der Waals surface area contributed by atoms with Gasteiger partial charge in [-0.3, -0.25) is 0 Å².